The van der Waals surface area contributed by atoms with E-state index in [9.17, 15) is 4.79 Å². The van der Waals surface area contributed by atoms with Crippen molar-refractivity contribution >= 4 is 45.2 Å². The number of benzene rings is 1. The van der Waals surface area contributed by atoms with Crippen molar-refractivity contribution in [2.75, 3.05) is 6.26 Å². The predicted octanol–water partition coefficient (Wildman–Crippen LogP) is 3.52. The van der Waals surface area contributed by atoms with Crippen LogP contribution in [-0.2, 0) is 0 Å². The maximum absolute atomic E-state index is 12.1. The number of aromatic amines is 1. The fraction of sp³-hybridized carbons (Fsp3) is 0.0769. The molecule has 0 amide bonds. The van der Waals surface area contributed by atoms with Gasteiger partial charge in [0.25, 0.3) is 5.56 Å². The summed E-state index contributed by atoms with van der Waals surface area (Å²) >= 11 is 7.28. The van der Waals surface area contributed by atoms with Gasteiger partial charge in [-0.3, -0.25) is 4.79 Å². The van der Waals surface area contributed by atoms with Gasteiger partial charge in [-0.2, -0.15) is 5.26 Å². The van der Waals surface area contributed by atoms with E-state index in [1.807, 2.05) is 6.07 Å². The van der Waals surface area contributed by atoms with Gasteiger partial charge < -0.3 is 9.40 Å². The highest BCUT2D eigenvalue weighted by atomic mass is 35.5. The van der Waals surface area contributed by atoms with E-state index in [1.54, 1.807) is 24.5 Å². The number of H-pyrrole nitrogens is 1. The molecule has 0 unspecified atom stereocenters. The molecule has 0 atom stereocenters. The van der Waals surface area contributed by atoms with Crippen LogP contribution in [0.25, 0.3) is 21.9 Å². The van der Waals surface area contributed by atoms with Crippen molar-refractivity contribution in [3.63, 3.8) is 0 Å². The van der Waals surface area contributed by atoms with Crippen LogP contribution in [0.15, 0.2) is 32.3 Å². The van der Waals surface area contributed by atoms with Crippen LogP contribution >= 0.6 is 23.4 Å². The Labute approximate surface area is 117 Å². The molecule has 1 aromatic carbocycles. The summed E-state index contributed by atoms with van der Waals surface area (Å²) in [6.07, 6.45) is 1.80. The molecule has 19 heavy (non-hydrogen) atoms. The highest BCUT2D eigenvalue weighted by Gasteiger charge is 2.19. The van der Waals surface area contributed by atoms with Gasteiger partial charge in [-0.15, -0.1) is 11.8 Å². The Bertz CT molecular complexity index is 905. The van der Waals surface area contributed by atoms with Crippen molar-refractivity contribution in [1.29, 1.82) is 5.26 Å². The number of nitrogens with zero attached hydrogens (tertiary/aromatic N) is 1. The number of furan rings is 1. The van der Waals surface area contributed by atoms with Crippen LogP contribution in [0.4, 0.5) is 0 Å². The summed E-state index contributed by atoms with van der Waals surface area (Å²) in [5.74, 6) is 0.153. The molecule has 6 heteroatoms. The van der Waals surface area contributed by atoms with Crippen molar-refractivity contribution in [2.45, 2.75) is 4.90 Å². The first kappa shape index (κ1) is 12.2. The van der Waals surface area contributed by atoms with E-state index in [-0.39, 0.29) is 11.3 Å². The van der Waals surface area contributed by atoms with E-state index in [4.69, 9.17) is 21.3 Å². The van der Waals surface area contributed by atoms with E-state index >= 15 is 0 Å². The van der Waals surface area contributed by atoms with Crippen LogP contribution in [0.3, 0.4) is 0 Å². The van der Waals surface area contributed by atoms with Gasteiger partial charge in [0.2, 0.25) is 5.76 Å². The van der Waals surface area contributed by atoms with Crippen molar-refractivity contribution < 1.29 is 4.42 Å². The Kier molecular flexibility index (Phi) is 2.77. The van der Waals surface area contributed by atoms with Gasteiger partial charge in [0.1, 0.15) is 11.5 Å². The first-order valence-corrected chi connectivity index (χ1v) is 6.98. The largest absolute Gasteiger partial charge is 0.443 e. The Balaban J connectivity index is 2.62. The van der Waals surface area contributed by atoms with Crippen molar-refractivity contribution in [3.8, 4) is 6.07 Å². The van der Waals surface area contributed by atoms with Crippen molar-refractivity contribution in [3.05, 3.63) is 39.3 Å². The molecule has 0 aliphatic heterocycles. The summed E-state index contributed by atoms with van der Waals surface area (Å²) in [5, 5.41) is 10.7. The summed E-state index contributed by atoms with van der Waals surface area (Å²) in [5.41, 5.74) is 0.773. The molecule has 3 aromatic rings. The zero-order valence-electron chi connectivity index (χ0n) is 9.78. The molecule has 2 aromatic heterocycles. The molecule has 0 radical (unpaired) electrons. The third-order valence-corrected chi connectivity index (χ3v) is 3.90. The fourth-order valence-electron chi connectivity index (χ4n) is 2.08. The number of nitriles is 1. The average Bonchev–Trinajstić information content (AvgIpc) is 2.79. The van der Waals surface area contributed by atoms with Gasteiger partial charge in [-0.25, -0.2) is 0 Å². The first-order chi connectivity index (χ1) is 9.15. The monoisotopic (exact) mass is 290 g/mol. The average molecular weight is 291 g/mol. The Morgan fingerprint density at radius 1 is 1.47 bits per heavy atom. The maximum Gasteiger partial charge on any atom is 0.260 e. The lowest BCUT2D eigenvalue weighted by Crippen LogP contribution is -2.05. The Hall–Kier alpha value is -1.90. The van der Waals surface area contributed by atoms with Crippen LogP contribution in [0, 0.1) is 11.3 Å². The summed E-state index contributed by atoms with van der Waals surface area (Å²) in [6, 6.07) is 7.09. The highest BCUT2D eigenvalue weighted by Crippen LogP contribution is 2.34. The summed E-state index contributed by atoms with van der Waals surface area (Å²) in [6.45, 7) is 0. The summed E-state index contributed by atoms with van der Waals surface area (Å²) < 4.78 is 5.53. The molecule has 4 nitrogen and oxygen atoms in total. The predicted molar refractivity (Wildman–Crippen MR) is 75.8 cm³/mol. The first-order valence-electron chi connectivity index (χ1n) is 5.38. The maximum atomic E-state index is 12.1. The van der Waals surface area contributed by atoms with Crippen molar-refractivity contribution in [2.24, 2.45) is 0 Å². The van der Waals surface area contributed by atoms with Gasteiger partial charge in [0.15, 0.2) is 5.58 Å². The molecular weight excluding hydrogens is 284 g/mol. The number of hydrogen-bond donors (Lipinski definition) is 1. The molecule has 0 saturated heterocycles. The lowest BCUT2D eigenvalue weighted by atomic mass is 10.2. The minimum absolute atomic E-state index is 0.153. The van der Waals surface area contributed by atoms with E-state index in [1.165, 1.54) is 11.8 Å². The molecule has 0 fully saturated rings. The molecule has 2 heterocycles. The van der Waals surface area contributed by atoms with E-state index in [2.05, 4.69) is 4.98 Å². The molecular formula is C13H7ClN2O2S. The second-order valence-corrected chi connectivity index (χ2v) is 5.18. The highest BCUT2D eigenvalue weighted by molar-refractivity contribution is 7.98. The Morgan fingerprint density at radius 2 is 2.26 bits per heavy atom. The van der Waals surface area contributed by atoms with Crippen molar-refractivity contribution in [1.82, 2.24) is 4.98 Å². The van der Waals surface area contributed by atoms with Crippen LogP contribution in [0.5, 0.6) is 0 Å². The zero-order valence-corrected chi connectivity index (χ0v) is 11.4. The molecule has 0 bridgehead atoms. The molecule has 1 N–H and O–H groups in total. The second-order valence-electron chi connectivity index (χ2n) is 3.92. The van der Waals surface area contributed by atoms with Gasteiger partial charge in [0.05, 0.1) is 10.4 Å². The molecule has 94 valence electrons. The number of nitrogens with one attached hydrogen (secondary N) is 1. The van der Waals surface area contributed by atoms with Gasteiger partial charge in [0, 0.05) is 10.4 Å². The molecule has 3 rings (SSSR count). The number of pyridine rings is 1. The smallest absolute Gasteiger partial charge is 0.260 e. The SMILES string of the molecule is CSc1c(C#N)oc2c1c(=O)[nH]c1ccc(Cl)cc12. The van der Waals surface area contributed by atoms with E-state index in [0.29, 0.717) is 31.8 Å². The summed E-state index contributed by atoms with van der Waals surface area (Å²) in [7, 11) is 0. The lowest BCUT2D eigenvalue weighted by Gasteiger charge is -1.99. The standard InChI is InChI=1S/C13H7ClN2O2S/c1-19-12-9(5-15)18-11-7-4-6(14)2-3-8(7)16-13(17)10(11)12/h2-4H,1H3,(H,16,17). The molecule has 0 aliphatic carbocycles. The minimum Gasteiger partial charge on any atom is -0.443 e. The molecule has 0 spiro atoms. The third kappa shape index (κ3) is 1.72. The van der Waals surface area contributed by atoms with Crippen LogP contribution < -0.4 is 5.56 Å². The van der Waals surface area contributed by atoms with Crippen LogP contribution in [0.2, 0.25) is 5.02 Å². The zero-order chi connectivity index (χ0) is 13.6. The van der Waals surface area contributed by atoms with E-state index in [0.717, 1.165) is 0 Å². The van der Waals surface area contributed by atoms with E-state index < -0.39 is 0 Å². The number of thioether (sulfide) groups is 1. The molecule has 0 aliphatic rings. The number of aromatic nitrogens is 1. The topological polar surface area (TPSA) is 69.8 Å². The number of hydrogen-bond acceptors (Lipinski definition) is 4. The number of halogens is 1. The number of fused-ring (bicyclic) bond motifs is 3. The number of rotatable bonds is 1. The van der Waals surface area contributed by atoms with Gasteiger partial charge in [-0.05, 0) is 24.5 Å². The van der Waals surface area contributed by atoms with Crippen LogP contribution in [-0.4, -0.2) is 11.2 Å². The van der Waals surface area contributed by atoms with Gasteiger partial charge >= 0.3 is 0 Å². The second kappa shape index (κ2) is 4.34. The Morgan fingerprint density at radius 3 is 2.95 bits per heavy atom. The quantitative estimate of drug-likeness (QED) is 0.696. The fourth-order valence-corrected chi connectivity index (χ4v) is 2.91. The van der Waals surface area contributed by atoms with Crippen LogP contribution in [0.1, 0.15) is 5.76 Å². The minimum atomic E-state index is -0.264. The summed E-state index contributed by atoms with van der Waals surface area (Å²) in [4.78, 5) is 15.4. The van der Waals surface area contributed by atoms with Gasteiger partial charge in [-0.1, -0.05) is 11.6 Å². The lowest BCUT2D eigenvalue weighted by molar-refractivity contribution is 0.593. The molecule has 0 saturated carbocycles. The third-order valence-electron chi connectivity index (χ3n) is 2.87. The normalized spacial score (nSPS) is 11.0.